The van der Waals surface area contributed by atoms with E-state index in [1.165, 1.54) is 0 Å². The molecule has 0 N–H and O–H groups in total. The highest BCUT2D eigenvalue weighted by molar-refractivity contribution is 5.99. The van der Waals surface area contributed by atoms with E-state index in [1.807, 2.05) is 27.0 Å². The van der Waals surface area contributed by atoms with Crippen LogP contribution in [0.25, 0.3) is 0 Å². The minimum atomic E-state index is 0.472. The van der Waals surface area contributed by atoms with Crippen molar-refractivity contribution in [1.82, 2.24) is 0 Å². The van der Waals surface area contributed by atoms with Crippen LogP contribution in [0.2, 0.25) is 0 Å². The van der Waals surface area contributed by atoms with Gasteiger partial charge in [-0.25, -0.2) is 0 Å². The molecule has 0 spiro atoms. The molecular weight excluding hydrogens is 112 g/mol. The summed E-state index contributed by atoms with van der Waals surface area (Å²) in [5.74, 6) is 0.472. The van der Waals surface area contributed by atoms with Gasteiger partial charge in [0, 0.05) is 17.8 Å². The van der Waals surface area contributed by atoms with E-state index in [9.17, 15) is 0 Å². The van der Waals surface area contributed by atoms with Gasteiger partial charge in [-0.05, 0) is 6.92 Å². The summed E-state index contributed by atoms with van der Waals surface area (Å²) in [5, 5.41) is 7.51. The van der Waals surface area contributed by atoms with Crippen molar-refractivity contribution >= 4 is 11.9 Å². The zero-order valence-electron chi connectivity index (χ0n) is 6.55. The number of nitrogens with zero attached hydrogens (tertiary/aromatic N) is 2. The Labute approximate surface area is 56.7 Å². The van der Waals surface area contributed by atoms with E-state index < -0.39 is 0 Å². The predicted octanol–water partition coefficient (Wildman–Crippen LogP) is 2.11. The molecule has 2 heteroatoms. The second-order valence-electron chi connectivity index (χ2n) is 1.79. The van der Waals surface area contributed by atoms with Crippen molar-refractivity contribution in [3.05, 3.63) is 0 Å². The summed E-state index contributed by atoms with van der Waals surface area (Å²) in [6.07, 6.45) is 1.84. The molecular formula is C7H14N2. The lowest BCUT2D eigenvalue weighted by molar-refractivity contribution is 1.11. The SMILES string of the molecule is CC.CC1=NN=CC1C. The van der Waals surface area contributed by atoms with Gasteiger partial charge in [-0.2, -0.15) is 10.2 Å². The normalized spacial score (nSPS) is 22.7. The average molecular weight is 126 g/mol. The summed E-state index contributed by atoms with van der Waals surface area (Å²) in [4.78, 5) is 0. The largest absolute Gasteiger partial charge is 0.163 e. The standard InChI is InChI=1S/C5H8N2.C2H6/c1-4-3-6-7-5(4)2;1-2/h3-4H,1-2H3;1-2H3. The highest BCUT2D eigenvalue weighted by Gasteiger charge is 2.05. The second-order valence-corrected chi connectivity index (χ2v) is 1.79. The van der Waals surface area contributed by atoms with Crippen molar-refractivity contribution in [2.45, 2.75) is 27.7 Å². The first-order valence-corrected chi connectivity index (χ1v) is 3.38. The molecule has 0 saturated carbocycles. The lowest BCUT2D eigenvalue weighted by atomic mass is 10.1. The minimum absolute atomic E-state index is 0.472. The molecule has 1 aliphatic rings. The van der Waals surface area contributed by atoms with Crippen molar-refractivity contribution in [3.8, 4) is 0 Å². The van der Waals surface area contributed by atoms with Crippen LogP contribution in [-0.2, 0) is 0 Å². The first-order valence-electron chi connectivity index (χ1n) is 3.38. The number of hydrogen-bond acceptors (Lipinski definition) is 2. The molecule has 1 heterocycles. The Morgan fingerprint density at radius 3 is 2.11 bits per heavy atom. The van der Waals surface area contributed by atoms with Gasteiger partial charge in [0.2, 0.25) is 0 Å². The van der Waals surface area contributed by atoms with Crippen LogP contribution in [0.5, 0.6) is 0 Å². The lowest BCUT2D eigenvalue weighted by Crippen LogP contribution is -2.01. The first kappa shape index (κ1) is 8.34. The van der Waals surface area contributed by atoms with Gasteiger partial charge in [-0.15, -0.1) is 0 Å². The maximum atomic E-state index is 3.80. The highest BCUT2D eigenvalue weighted by atomic mass is 15.2. The minimum Gasteiger partial charge on any atom is -0.163 e. The smallest absolute Gasteiger partial charge is 0.0456 e. The van der Waals surface area contributed by atoms with E-state index >= 15 is 0 Å². The van der Waals surface area contributed by atoms with E-state index in [0.717, 1.165) is 5.71 Å². The van der Waals surface area contributed by atoms with Gasteiger partial charge >= 0.3 is 0 Å². The van der Waals surface area contributed by atoms with E-state index in [-0.39, 0.29) is 0 Å². The molecule has 1 rings (SSSR count). The van der Waals surface area contributed by atoms with Crippen molar-refractivity contribution in [2.24, 2.45) is 16.1 Å². The molecule has 0 amide bonds. The quantitative estimate of drug-likeness (QED) is 0.475. The number of rotatable bonds is 0. The fourth-order valence-corrected chi connectivity index (χ4v) is 0.423. The Bertz CT molecular complexity index is 125. The van der Waals surface area contributed by atoms with Crippen LogP contribution in [0.4, 0.5) is 0 Å². The fourth-order valence-electron chi connectivity index (χ4n) is 0.423. The second kappa shape index (κ2) is 4.24. The van der Waals surface area contributed by atoms with Gasteiger partial charge in [0.15, 0.2) is 0 Å². The molecule has 2 nitrogen and oxygen atoms in total. The van der Waals surface area contributed by atoms with Crippen LogP contribution < -0.4 is 0 Å². The van der Waals surface area contributed by atoms with E-state index in [0.29, 0.717) is 5.92 Å². The van der Waals surface area contributed by atoms with Crippen LogP contribution in [0.3, 0.4) is 0 Å². The van der Waals surface area contributed by atoms with Gasteiger partial charge in [0.1, 0.15) is 0 Å². The van der Waals surface area contributed by atoms with Crippen LogP contribution in [0.15, 0.2) is 10.2 Å². The van der Waals surface area contributed by atoms with Crippen molar-refractivity contribution < 1.29 is 0 Å². The summed E-state index contributed by atoms with van der Waals surface area (Å²) < 4.78 is 0. The van der Waals surface area contributed by atoms with E-state index in [2.05, 4.69) is 17.1 Å². The van der Waals surface area contributed by atoms with Gasteiger partial charge in [-0.3, -0.25) is 0 Å². The summed E-state index contributed by atoms with van der Waals surface area (Å²) in [6, 6.07) is 0. The molecule has 9 heavy (non-hydrogen) atoms. The van der Waals surface area contributed by atoms with E-state index in [1.54, 1.807) is 0 Å². The van der Waals surface area contributed by atoms with Gasteiger partial charge < -0.3 is 0 Å². The van der Waals surface area contributed by atoms with Crippen LogP contribution in [0, 0.1) is 5.92 Å². The average Bonchev–Trinajstić information content (AvgIpc) is 2.23. The van der Waals surface area contributed by atoms with Crippen molar-refractivity contribution in [2.75, 3.05) is 0 Å². The van der Waals surface area contributed by atoms with Gasteiger partial charge in [-0.1, -0.05) is 20.8 Å². The molecule has 0 radical (unpaired) electrons. The monoisotopic (exact) mass is 126 g/mol. The highest BCUT2D eigenvalue weighted by Crippen LogP contribution is 2.01. The summed E-state index contributed by atoms with van der Waals surface area (Å²) in [7, 11) is 0. The molecule has 1 unspecified atom stereocenters. The Balaban J connectivity index is 0.000000291. The zero-order chi connectivity index (χ0) is 7.28. The molecule has 1 aliphatic heterocycles. The maximum Gasteiger partial charge on any atom is 0.0456 e. The fraction of sp³-hybridized carbons (Fsp3) is 0.714. The molecule has 52 valence electrons. The molecule has 0 aromatic carbocycles. The van der Waals surface area contributed by atoms with Crippen molar-refractivity contribution in [3.63, 3.8) is 0 Å². The summed E-state index contributed by atoms with van der Waals surface area (Å²) >= 11 is 0. The Morgan fingerprint density at radius 2 is 2.00 bits per heavy atom. The lowest BCUT2D eigenvalue weighted by Gasteiger charge is -1.90. The summed E-state index contributed by atoms with van der Waals surface area (Å²) in [6.45, 7) is 8.06. The first-order chi connectivity index (χ1) is 4.30. The van der Waals surface area contributed by atoms with Crippen molar-refractivity contribution in [1.29, 1.82) is 0 Å². The molecule has 0 saturated heterocycles. The Morgan fingerprint density at radius 1 is 1.44 bits per heavy atom. The zero-order valence-corrected chi connectivity index (χ0v) is 6.55. The third kappa shape index (κ3) is 2.40. The van der Waals surface area contributed by atoms with Gasteiger partial charge in [0.25, 0.3) is 0 Å². The van der Waals surface area contributed by atoms with Crippen LogP contribution in [0.1, 0.15) is 27.7 Å². The molecule has 0 bridgehead atoms. The summed E-state index contributed by atoms with van der Waals surface area (Å²) in [5.41, 5.74) is 1.11. The maximum absolute atomic E-state index is 3.80. The molecule has 0 fully saturated rings. The predicted molar refractivity (Wildman–Crippen MR) is 42.1 cm³/mol. The molecule has 0 aliphatic carbocycles. The molecule has 0 aromatic rings. The number of hydrogen-bond donors (Lipinski definition) is 0. The van der Waals surface area contributed by atoms with Gasteiger partial charge in [0.05, 0.1) is 0 Å². The molecule has 0 aromatic heterocycles. The topological polar surface area (TPSA) is 24.7 Å². The van der Waals surface area contributed by atoms with Crippen LogP contribution >= 0.6 is 0 Å². The third-order valence-electron chi connectivity index (χ3n) is 1.16. The van der Waals surface area contributed by atoms with Crippen LogP contribution in [-0.4, -0.2) is 11.9 Å². The molecule has 1 atom stereocenters. The van der Waals surface area contributed by atoms with E-state index in [4.69, 9.17) is 0 Å². The Kier molecular flexibility index (Phi) is 3.93. The Hall–Kier alpha value is -0.660. The third-order valence-corrected chi connectivity index (χ3v) is 1.16.